The van der Waals surface area contributed by atoms with Gasteiger partial charge in [-0.15, -0.1) is 0 Å². The third kappa shape index (κ3) is 2.13. The Morgan fingerprint density at radius 1 is 1.50 bits per heavy atom. The second-order valence-electron chi connectivity index (χ2n) is 6.72. The summed E-state index contributed by atoms with van der Waals surface area (Å²) in [6, 6.07) is 0. The Labute approximate surface area is 110 Å². The summed E-state index contributed by atoms with van der Waals surface area (Å²) in [5.41, 5.74) is 0.210. The lowest BCUT2D eigenvalue weighted by atomic mass is 9.56. The van der Waals surface area contributed by atoms with Crippen molar-refractivity contribution >= 4 is 0 Å². The van der Waals surface area contributed by atoms with Crippen molar-refractivity contribution in [3.63, 3.8) is 0 Å². The molecule has 2 aliphatic rings. The molecule has 18 heavy (non-hydrogen) atoms. The highest BCUT2D eigenvalue weighted by Crippen LogP contribution is 2.53. The van der Waals surface area contributed by atoms with E-state index in [1.165, 1.54) is 18.4 Å². The van der Waals surface area contributed by atoms with Gasteiger partial charge in [0.2, 0.25) is 0 Å². The van der Waals surface area contributed by atoms with Crippen LogP contribution < -0.4 is 0 Å². The maximum absolute atomic E-state index is 10.3. The first-order chi connectivity index (χ1) is 8.31. The summed E-state index contributed by atoms with van der Waals surface area (Å²) < 4.78 is 0. The summed E-state index contributed by atoms with van der Waals surface area (Å²) >= 11 is 0. The molecule has 0 radical (unpaired) electrons. The number of hydrogen-bond donors (Lipinski definition) is 3. The largest absolute Gasteiger partial charge is 0.393 e. The minimum absolute atomic E-state index is 0.0707. The Balaban J connectivity index is 2.33. The monoisotopic (exact) mass is 254 g/mol. The molecule has 3 N–H and O–H groups in total. The fraction of sp³-hybridized carbons (Fsp3) is 0.867. The van der Waals surface area contributed by atoms with Crippen LogP contribution in [0.5, 0.6) is 0 Å². The van der Waals surface area contributed by atoms with Crippen LogP contribution in [0.25, 0.3) is 0 Å². The van der Waals surface area contributed by atoms with Gasteiger partial charge in [0, 0.05) is 5.92 Å². The first-order valence-electron chi connectivity index (χ1n) is 7.04. The first-order valence-corrected chi connectivity index (χ1v) is 7.04. The molecule has 5 atom stereocenters. The van der Waals surface area contributed by atoms with E-state index >= 15 is 0 Å². The van der Waals surface area contributed by atoms with Gasteiger partial charge in [0.1, 0.15) is 0 Å². The quantitative estimate of drug-likeness (QED) is 0.659. The van der Waals surface area contributed by atoms with Crippen LogP contribution >= 0.6 is 0 Å². The first kappa shape index (κ1) is 14.0. The zero-order valence-electron chi connectivity index (χ0n) is 11.7. The van der Waals surface area contributed by atoms with E-state index in [1.54, 1.807) is 6.92 Å². The van der Waals surface area contributed by atoms with Gasteiger partial charge in [-0.25, -0.2) is 0 Å². The SMILES string of the molecule is CC1CCCC2=CC(O)C(C(C)(O)CO)CC21C. The van der Waals surface area contributed by atoms with Crippen molar-refractivity contribution in [1.29, 1.82) is 0 Å². The Morgan fingerprint density at radius 3 is 2.78 bits per heavy atom. The van der Waals surface area contributed by atoms with Gasteiger partial charge in [-0.1, -0.05) is 25.5 Å². The van der Waals surface area contributed by atoms with Crippen molar-refractivity contribution in [3.05, 3.63) is 11.6 Å². The number of fused-ring (bicyclic) bond motifs is 1. The number of aliphatic hydroxyl groups is 3. The van der Waals surface area contributed by atoms with Crippen LogP contribution in [-0.4, -0.2) is 33.6 Å². The van der Waals surface area contributed by atoms with Crippen LogP contribution in [-0.2, 0) is 0 Å². The Kier molecular flexibility index (Phi) is 3.60. The highest BCUT2D eigenvalue weighted by Gasteiger charge is 2.48. The van der Waals surface area contributed by atoms with Gasteiger partial charge in [0.05, 0.1) is 18.3 Å². The summed E-state index contributed by atoms with van der Waals surface area (Å²) in [7, 11) is 0. The van der Waals surface area contributed by atoms with Crippen molar-refractivity contribution in [2.75, 3.05) is 6.61 Å². The highest BCUT2D eigenvalue weighted by atomic mass is 16.3. The van der Waals surface area contributed by atoms with Gasteiger partial charge in [-0.05, 0) is 43.9 Å². The smallest absolute Gasteiger partial charge is 0.0905 e. The lowest BCUT2D eigenvalue weighted by Crippen LogP contribution is -2.51. The van der Waals surface area contributed by atoms with Crippen molar-refractivity contribution in [1.82, 2.24) is 0 Å². The van der Waals surface area contributed by atoms with Gasteiger partial charge in [0.15, 0.2) is 0 Å². The third-order valence-corrected chi connectivity index (χ3v) is 5.45. The maximum Gasteiger partial charge on any atom is 0.0905 e. The van der Waals surface area contributed by atoms with E-state index in [2.05, 4.69) is 13.8 Å². The molecule has 0 amide bonds. The zero-order chi connectivity index (χ0) is 13.6. The van der Waals surface area contributed by atoms with Crippen LogP contribution in [0.2, 0.25) is 0 Å². The van der Waals surface area contributed by atoms with E-state index in [1.807, 2.05) is 6.08 Å². The number of rotatable bonds is 2. The summed E-state index contributed by atoms with van der Waals surface area (Å²) in [6.45, 7) is 5.82. The molecule has 0 saturated heterocycles. The molecule has 2 aliphatic carbocycles. The summed E-state index contributed by atoms with van der Waals surface area (Å²) in [5.74, 6) is 0.291. The normalized spacial score (nSPS) is 43.9. The Bertz CT molecular complexity index is 348. The van der Waals surface area contributed by atoms with E-state index in [4.69, 9.17) is 0 Å². The van der Waals surface area contributed by atoms with Crippen LogP contribution in [0.1, 0.15) is 46.5 Å². The van der Waals surface area contributed by atoms with E-state index in [9.17, 15) is 15.3 Å². The van der Waals surface area contributed by atoms with Gasteiger partial charge >= 0.3 is 0 Å². The van der Waals surface area contributed by atoms with E-state index in [-0.39, 0.29) is 17.9 Å². The van der Waals surface area contributed by atoms with E-state index in [0.717, 1.165) is 12.8 Å². The molecule has 0 aliphatic heterocycles. The highest BCUT2D eigenvalue weighted by molar-refractivity contribution is 5.24. The standard InChI is InChI=1S/C15H26O3/c1-10-5-4-6-11-7-13(17)12(8-14(10,11)2)15(3,18)9-16/h7,10,12-13,16-18H,4-6,8-9H2,1-3H3. The molecule has 0 heterocycles. The molecule has 1 fully saturated rings. The second-order valence-corrected chi connectivity index (χ2v) is 6.72. The molecule has 0 aromatic carbocycles. The Hall–Kier alpha value is -0.380. The molecule has 0 spiro atoms. The zero-order valence-corrected chi connectivity index (χ0v) is 11.7. The van der Waals surface area contributed by atoms with Crippen molar-refractivity contribution < 1.29 is 15.3 Å². The number of hydrogen-bond acceptors (Lipinski definition) is 3. The third-order valence-electron chi connectivity index (χ3n) is 5.45. The molecule has 3 nitrogen and oxygen atoms in total. The summed E-state index contributed by atoms with van der Waals surface area (Å²) in [6.07, 6.45) is 5.52. The predicted octanol–water partition coefficient (Wildman–Crippen LogP) is 1.86. The predicted molar refractivity (Wildman–Crippen MR) is 71.0 cm³/mol. The van der Waals surface area contributed by atoms with E-state index in [0.29, 0.717) is 5.92 Å². The van der Waals surface area contributed by atoms with Crippen molar-refractivity contribution in [2.24, 2.45) is 17.3 Å². The van der Waals surface area contributed by atoms with Crippen LogP contribution in [0, 0.1) is 17.3 Å². The molecule has 5 unspecified atom stereocenters. The lowest BCUT2D eigenvalue weighted by molar-refractivity contribution is -0.101. The minimum atomic E-state index is -1.21. The molecule has 1 saturated carbocycles. The van der Waals surface area contributed by atoms with Crippen LogP contribution in [0.4, 0.5) is 0 Å². The van der Waals surface area contributed by atoms with Gasteiger partial charge in [-0.2, -0.15) is 0 Å². The fourth-order valence-electron chi connectivity index (χ4n) is 3.73. The fourth-order valence-corrected chi connectivity index (χ4v) is 3.73. The molecular formula is C15H26O3. The average molecular weight is 254 g/mol. The van der Waals surface area contributed by atoms with Gasteiger partial charge in [-0.3, -0.25) is 0 Å². The van der Waals surface area contributed by atoms with Crippen LogP contribution in [0.3, 0.4) is 0 Å². The number of allylic oxidation sites excluding steroid dienone is 1. The van der Waals surface area contributed by atoms with E-state index < -0.39 is 11.7 Å². The van der Waals surface area contributed by atoms with Gasteiger partial charge in [0.25, 0.3) is 0 Å². The topological polar surface area (TPSA) is 60.7 Å². The maximum atomic E-state index is 10.3. The van der Waals surface area contributed by atoms with Crippen molar-refractivity contribution in [2.45, 2.75) is 58.2 Å². The molecule has 0 aromatic rings. The summed E-state index contributed by atoms with van der Waals surface area (Å²) in [4.78, 5) is 0. The Morgan fingerprint density at radius 2 is 2.17 bits per heavy atom. The molecule has 0 bridgehead atoms. The summed E-state index contributed by atoms with van der Waals surface area (Å²) in [5, 5.41) is 29.8. The molecule has 2 rings (SSSR count). The number of aliphatic hydroxyl groups excluding tert-OH is 2. The molecule has 0 aromatic heterocycles. The van der Waals surface area contributed by atoms with Crippen molar-refractivity contribution in [3.8, 4) is 0 Å². The average Bonchev–Trinajstić information content (AvgIpc) is 2.31. The lowest BCUT2D eigenvalue weighted by Gasteiger charge is -2.50. The van der Waals surface area contributed by atoms with Gasteiger partial charge < -0.3 is 15.3 Å². The molecule has 3 heteroatoms. The molecular weight excluding hydrogens is 228 g/mol. The van der Waals surface area contributed by atoms with Crippen LogP contribution in [0.15, 0.2) is 11.6 Å². The minimum Gasteiger partial charge on any atom is -0.393 e. The molecule has 104 valence electrons. The second kappa shape index (κ2) is 4.62.